The number of benzene rings is 3. The molecule has 0 fully saturated rings. The average molecular weight is 517 g/mol. The maximum Gasteiger partial charge on any atom is 0.265 e. The number of nitrogens with one attached hydrogen (secondary N) is 1. The Balaban J connectivity index is 1.50. The Morgan fingerprint density at radius 1 is 1.00 bits per heavy atom. The van der Waals surface area contributed by atoms with Gasteiger partial charge in [-0.05, 0) is 62.2 Å². The Bertz CT molecular complexity index is 1270. The van der Waals surface area contributed by atoms with Crippen molar-refractivity contribution in [3.05, 3.63) is 100.0 Å². The molecule has 0 saturated heterocycles. The highest BCUT2D eigenvalue weighted by atomic mass is 32.2. The van der Waals surface area contributed by atoms with Gasteiger partial charge in [0.15, 0.2) is 6.29 Å². The fourth-order valence-corrected chi connectivity index (χ4v) is 5.17. The number of rotatable bonds is 10. The fraction of sp³-hybridized carbons (Fsp3) is 0.267. The SMILES string of the molecule is CCOC(CNC(=O)c1ccc(C=C2Sc3ccccc3N(Cc3cccc(C)c3)C2=O)cc1)OCC. The zero-order chi connectivity index (χ0) is 26.2. The molecule has 3 aromatic carbocycles. The number of fused-ring (bicyclic) bond motifs is 1. The molecule has 2 amide bonds. The summed E-state index contributed by atoms with van der Waals surface area (Å²) in [4.78, 5) is 29.7. The number of hydrogen-bond donors (Lipinski definition) is 1. The standard InChI is InChI=1S/C30H32N2O4S/c1-4-35-28(36-5-2)19-31-29(33)24-15-13-22(14-16-24)18-27-30(34)32(20-23-10-8-9-21(3)17-23)25-11-6-7-12-26(25)37-27/h6-18,28H,4-5,19-20H2,1-3H3,(H,31,33). The monoisotopic (exact) mass is 516 g/mol. The molecule has 7 heteroatoms. The van der Waals surface area contributed by atoms with E-state index in [2.05, 4.69) is 24.4 Å². The van der Waals surface area contributed by atoms with Gasteiger partial charge in [-0.2, -0.15) is 0 Å². The third-order valence-electron chi connectivity index (χ3n) is 5.86. The first-order valence-electron chi connectivity index (χ1n) is 12.5. The van der Waals surface area contributed by atoms with Crippen molar-refractivity contribution >= 4 is 35.3 Å². The van der Waals surface area contributed by atoms with Crippen molar-refractivity contribution in [1.29, 1.82) is 0 Å². The van der Waals surface area contributed by atoms with Crippen LogP contribution in [0, 0.1) is 6.92 Å². The summed E-state index contributed by atoms with van der Waals surface area (Å²) in [6.45, 7) is 7.61. The first kappa shape index (κ1) is 26.7. The van der Waals surface area contributed by atoms with Crippen molar-refractivity contribution in [2.24, 2.45) is 0 Å². The maximum absolute atomic E-state index is 13.6. The van der Waals surface area contributed by atoms with E-state index in [0.717, 1.165) is 27.3 Å². The van der Waals surface area contributed by atoms with Gasteiger partial charge in [0.1, 0.15) is 0 Å². The van der Waals surface area contributed by atoms with Crippen LogP contribution < -0.4 is 10.2 Å². The molecular formula is C30H32N2O4S. The highest BCUT2D eigenvalue weighted by molar-refractivity contribution is 8.04. The third kappa shape index (κ3) is 6.89. The van der Waals surface area contributed by atoms with Crippen molar-refractivity contribution in [1.82, 2.24) is 5.32 Å². The van der Waals surface area contributed by atoms with Gasteiger partial charge >= 0.3 is 0 Å². The van der Waals surface area contributed by atoms with Gasteiger partial charge in [0, 0.05) is 23.7 Å². The van der Waals surface area contributed by atoms with E-state index in [0.29, 0.717) is 30.2 Å². The molecule has 0 aromatic heterocycles. The van der Waals surface area contributed by atoms with Gasteiger partial charge < -0.3 is 19.7 Å². The van der Waals surface area contributed by atoms with E-state index in [1.54, 1.807) is 12.1 Å². The Kier molecular flexibility index (Phi) is 9.17. The molecule has 1 aliphatic rings. The minimum Gasteiger partial charge on any atom is -0.351 e. The number of anilines is 1. The normalized spacial score (nSPS) is 14.2. The smallest absolute Gasteiger partial charge is 0.265 e. The van der Waals surface area contributed by atoms with Crippen LogP contribution in [0.15, 0.2) is 82.6 Å². The van der Waals surface area contributed by atoms with E-state index < -0.39 is 6.29 Å². The molecule has 1 aliphatic heterocycles. The number of carbonyl (C=O) groups excluding carboxylic acids is 2. The first-order chi connectivity index (χ1) is 18.0. The van der Waals surface area contributed by atoms with E-state index in [-0.39, 0.29) is 18.4 Å². The first-order valence-corrected chi connectivity index (χ1v) is 13.3. The highest BCUT2D eigenvalue weighted by Gasteiger charge is 2.29. The van der Waals surface area contributed by atoms with Crippen LogP contribution in [0.25, 0.3) is 6.08 Å². The zero-order valence-electron chi connectivity index (χ0n) is 21.4. The van der Waals surface area contributed by atoms with Crippen LogP contribution in [0.2, 0.25) is 0 Å². The summed E-state index contributed by atoms with van der Waals surface area (Å²) in [6, 6.07) is 23.4. The van der Waals surface area contributed by atoms with Crippen LogP contribution in [-0.4, -0.2) is 37.9 Å². The Morgan fingerprint density at radius 2 is 1.73 bits per heavy atom. The molecule has 0 spiro atoms. The van der Waals surface area contributed by atoms with Crippen molar-refractivity contribution in [3.63, 3.8) is 0 Å². The maximum atomic E-state index is 13.6. The van der Waals surface area contributed by atoms with Crippen molar-refractivity contribution in [3.8, 4) is 0 Å². The minimum absolute atomic E-state index is 0.0371. The van der Waals surface area contributed by atoms with Gasteiger partial charge in [0.25, 0.3) is 11.8 Å². The summed E-state index contributed by atoms with van der Waals surface area (Å²) in [7, 11) is 0. The Labute approximate surface area is 222 Å². The van der Waals surface area contributed by atoms with Gasteiger partial charge in [-0.15, -0.1) is 0 Å². The van der Waals surface area contributed by atoms with Gasteiger partial charge in [0.2, 0.25) is 0 Å². The van der Waals surface area contributed by atoms with E-state index in [1.807, 2.05) is 73.4 Å². The number of amides is 2. The number of nitrogens with zero attached hydrogens (tertiary/aromatic N) is 1. The summed E-state index contributed by atoms with van der Waals surface area (Å²) in [6.07, 6.45) is 1.41. The van der Waals surface area contributed by atoms with E-state index >= 15 is 0 Å². The molecule has 6 nitrogen and oxygen atoms in total. The topological polar surface area (TPSA) is 67.9 Å². The Morgan fingerprint density at radius 3 is 2.43 bits per heavy atom. The van der Waals surface area contributed by atoms with E-state index in [4.69, 9.17) is 9.47 Å². The lowest BCUT2D eigenvalue weighted by Gasteiger charge is -2.30. The van der Waals surface area contributed by atoms with Crippen LogP contribution in [0.1, 0.15) is 40.9 Å². The van der Waals surface area contributed by atoms with Crippen LogP contribution >= 0.6 is 11.8 Å². The summed E-state index contributed by atoms with van der Waals surface area (Å²) in [5.41, 5.74) is 4.55. The molecule has 0 radical (unpaired) electrons. The largest absolute Gasteiger partial charge is 0.351 e. The van der Waals surface area contributed by atoms with Crippen molar-refractivity contribution in [2.45, 2.75) is 38.5 Å². The molecule has 0 bridgehead atoms. The highest BCUT2D eigenvalue weighted by Crippen LogP contribution is 2.42. The predicted molar refractivity (Wildman–Crippen MR) is 148 cm³/mol. The average Bonchev–Trinajstić information content (AvgIpc) is 2.90. The summed E-state index contributed by atoms with van der Waals surface area (Å²) in [5.74, 6) is -0.241. The van der Waals surface area contributed by atoms with Gasteiger partial charge in [-0.25, -0.2) is 0 Å². The molecule has 4 rings (SSSR count). The number of para-hydroxylation sites is 1. The summed E-state index contributed by atoms with van der Waals surface area (Å²) >= 11 is 1.47. The van der Waals surface area contributed by atoms with Crippen molar-refractivity contribution in [2.75, 3.05) is 24.7 Å². The van der Waals surface area contributed by atoms with Crippen LogP contribution in [0.4, 0.5) is 5.69 Å². The molecule has 1 heterocycles. The van der Waals surface area contributed by atoms with Gasteiger partial charge in [0.05, 0.1) is 23.7 Å². The lowest BCUT2D eigenvalue weighted by Crippen LogP contribution is -2.35. The molecule has 3 aromatic rings. The number of ether oxygens (including phenoxy) is 2. The van der Waals surface area contributed by atoms with E-state index in [1.165, 1.54) is 11.8 Å². The van der Waals surface area contributed by atoms with E-state index in [9.17, 15) is 9.59 Å². The van der Waals surface area contributed by atoms with Crippen molar-refractivity contribution < 1.29 is 19.1 Å². The second-order valence-electron chi connectivity index (χ2n) is 8.63. The molecule has 1 N–H and O–H groups in total. The molecule has 0 unspecified atom stereocenters. The van der Waals surface area contributed by atoms with Crippen LogP contribution in [0.5, 0.6) is 0 Å². The third-order valence-corrected chi connectivity index (χ3v) is 6.94. The van der Waals surface area contributed by atoms with Gasteiger partial charge in [-0.1, -0.05) is 65.9 Å². The second-order valence-corrected chi connectivity index (χ2v) is 9.71. The summed E-state index contributed by atoms with van der Waals surface area (Å²) in [5, 5.41) is 2.85. The predicted octanol–water partition coefficient (Wildman–Crippen LogP) is 5.80. The number of thioether (sulfide) groups is 1. The molecule has 37 heavy (non-hydrogen) atoms. The minimum atomic E-state index is -0.470. The second kappa shape index (κ2) is 12.7. The van der Waals surface area contributed by atoms with Crippen LogP contribution in [0.3, 0.4) is 0 Å². The Hall–Kier alpha value is -3.39. The van der Waals surface area contributed by atoms with Crippen LogP contribution in [-0.2, 0) is 20.8 Å². The summed E-state index contributed by atoms with van der Waals surface area (Å²) < 4.78 is 11.0. The lowest BCUT2D eigenvalue weighted by atomic mass is 10.1. The molecular weight excluding hydrogens is 484 g/mol. The fourth-order valence-electron chi connectivity index (χ4n) is 4.11. The molecule has 0 saturated carbocycles. The number of aryl methyl sites for hydroxylation is 1. The molecule has 192 valence electrons. The molecule has 0 aliphatic carbocycles. The zero-order valence-corrected chi connectivity index (χ0v) is 22.2. The van der Waals surface area contributed by atoms with Gasteiger partial charge in [-0.3, -0.25) is 9.59 Å². The quantitative estimate of drug-likeness (QED) is 0.272. The molecule has 0 atom stereocenters. The number of carbonyl (C=O) groups is 2. The number of hydrogen-bond acceptors (Lipinski definition) is 5. The lowest BCUT2D eigenvalue weighted by molar-refractivity contribution is -0.131.